The van der Waals surface area contributed by atoms with Gasteiger partial charge in [0, 0.05) is 12.8 Å². The zero-order chi connectivity index (χ0) is 14.7. The zero-order valence-corrected chi connectivity index (χ0v) is 11.5. The van der Waals surface area contributed by atoms with Crippen LogP contribution in [0.25, 0.3) is 0 Å². The molecule has 0 unspecified atom stereocenters. The smallest absolute Gasteiger partial charge is 0.370 e. The lowest BCUT2D eigenvalue weighted by Crippen LogP contribution is -2.12. The van der Waals surface area contributed by atoms with Gasteiger partial charge in [-0.3, -0.25) is 0 Å². The third-order valence-corrected chi connectivity index (χ3v) is 3.34. The predicted octanol–water partition coefficient (Wildman–Crippen LogP) is 2.60. The Hall–Kier alpha value is -1.02. The van der Waals surface area contributed by atoms with Crippen LogP contribution in [0.3, 0.4) is 0 Å². The van der Waals surface area contributed by atoms with E-state index in [1.165, 1.54) is 0 Å². The summed E-state index contributed by atoms with van der Waals surface area (Å²) in [5.74, 6) is -0.0829. The molecule has 4 nitrogen and oxygen atoms in total. The van der Waals surface area contributed by atoms with Gasteiger partial charge in [0.15, 0.2) is 0 Å². The lowest BCUT2D eigenvalue weighted by molar-refractivity contribution is -0.137. The molecule has 1 aromatic heterocycles. The molecule has 0 aliphatic rings. The van der Waals surface area contributed by atoms with E-state index in [4.69, 9.17) is 11.6 Å². The lowest BCUT2D eigenvalue weighted by atomic mass is 10.2. The van der Waals surface area contributed by atoms with Crippen molar-refractivity contribution in [2.75, 3.05) is 23.9 Å². The van der Waals surface area contributed by atoms with E-state index in [0.717, 1.165) is 18.4 Å². The van der Waals surface area contributed by atoms with Gasteiger partial charge in [0.1, 0.15) is 20.8 Å². The van der Waals surface area contributed by atoms with Crippen molar-refractivity contribution in [1.29, 1.82) is 0 Å². The highest BCUT2D eigenvalue weighted by atomic mass is 35.5. The fourth-order valence-corrected chi connectivity index (χ4v) is 2.18. The molecule has 0 atom stereocenters. The highest BCUT2D eigenvalue weighted by Crippen LogP contribution is 2.31. The molecule has 1 N–H and O–H groups in total. The van der Waals surface area contributed by atoms with Gasteiger partial charge in [-0.25, -0.2) is 13.4 Å². The average Bonchev–Trinajstić information content (AvgIpc) is 2.21. The van der Waals surface area contributed by atoms with Gasteiger partial charge in [0.2, 0.25) is 0 Å². The first-order valence-corrected chi connectivity index (χ1v) is 7.68. The Bertz CT molecular complexity index is 546. The summed E-state index contributed by atoms with van der Waals surface area (Å²) >= 11 is 5.49. The molecule has 0 aliphatic carbocycles. The Morgan fingerprint density at radius 1 is 1.37 bits per heavy atom. The molecule has 0 saturated carbocycles. The number of hydrogen-bond acceptors (Lipinski definition) is 4. The molecule has 0 amide bonds. The normalized spacial score (nSPS) is 12.5. The molecule has 0 radical (unpaired) electrons. The molecule has 0 spiro atoms. The molecule has 0 aromatic carbocycles. The standard InChI is InChI=1S/C10H12ClF3N2O2S/c1-19(17,18)4-2-3-15-9-6-7(10(12,13)14)5-8(11)16-9/h5-6H,2-4H2,1H3,(H,15,16). The van der Waals surface area contributed by atoms with E-state index in [2.05, 4.69) is 10.3 Å². The Balaban J connectivity index is 2.67. The highest BCUT2D eigenvalue weighted by molar-refractivity contribution is 7.90. The SMILES string of the molecule is CS(=O)(=O)CCCNc1cc(C(F)(F)F)cc(Cl)n1. The third kappa shape index (κ3) is 6.11. The summed E-state index contributed by atoms with van der Waals surface area (Å²) in [6, 6.07) is 1.55. The second-order valence-electron chi connectivity index (χ2n) is 3.97. The summed E-state index contributed by atoms with van der Waals surface area (Å²) in [7, 11) is -3.08. The fraction of sp³-hybridized carbons (Fsp3) is 0.500. The van der Waals surface area contributed by atoms with Gasteiger partial charge in [-0.05, 0) is 18.6 Å². The number of nitrogens with zero attached hydrogens (tertiary/aromatic N) is 1. The minimum absolute atomic E-state index is 0.0340. The van der Waals surface area contributed by atoms with Gasteiger partial charge >= 0.3 is 6.18 Å². The van der Waals surface area contributed by atoms with E-state index in [9.17, 15) is 21.6 Å². The van der Waals surface area contributed by atoms with Crippen molar-refractivity contribution in [3.63, 3.8) is 0 Å². The molecule has 9 heteroatoms. The van der Waals surface area contributed by atoms with Crippen LogP contribution in [0.15, 0.2) is 12.1 Å². The summed E-state index contributed by atoms with van der Waals surface area (Å²) in [5.41, 5.74) is -0.905. The van der Waals surface area contributed by atoms with Gasteiger partial charge in [-0.2, -0.15) is 13.2 Å². The predicted molar refractivity (Wildman–Crippen MR) is 67.1 cm³/mol. The average molecular weight is 317 g/mol. The van der Waals surface area contributed by atoms with E-state index in [-0.39, 0.29) is 29.7 Å². The lowest BCUT2D eigenvalue weighted by Gasteiger charge is -2.10. The summed E-state index contributed by atoms with van der Waals surface area (Å²) in [4.78, 5) is 3.69. The maximum absolute atomic E-state index is 12.5. The van der Waals surface area contributed by atoms with E-state index in [1.54, 1.807) is 0 Å². The molecular weight excluding hydrogens is 305 g/mol. The summed E-state index contributed by atoms with van der Waals surface area (Å²) in [5, 5.41) is 2.33. The fourth-order valence-electron chi connectivity index (χ4n) is 1.30. The number of hydrogen-bond donors (Lipinski definition) is 1. The van der Waals surface area contributed by atoms with Crippen LogP contribution in [-0.2, 0) is 16.0 Å². The molecule has 0 saturated heterocycles. The number of rotatable bonds is 5. The number of anilines is 1. The van der Waals surface area contributed by atoms with Crippen LogP contribution in [-0.4, -0.2) is 32.0 Å². The first-order valence-electron chi connectivity index (χ1n) is 5.24. The molecule has 1 rings (SSSR count). The molecular formula is C10H12ClF3N2O2S. The van der Waals surface area contributed by atoms with Crippen LogP contribution in [0.4, 0.5) is 19.0 Å². The maximum atomic E-state index is 12.5. The highest BCUT2D eigenvalue weighted by Gasteiger charge is 2.31. The monoisotopic (exact) mass is 316 g/mol. The van der Waals surface area contributed by atoms with Crippen LogP contribution in [0.1, 0.15) is 12.0 Å². The van der Waals surface area contributed by atoms with Crippen molar-refractivity contribution >= 4 is 27.3 Å². The van der Waals surface area contributed by atoms with E-state index < -0.39 is 21.6 Å². The minimum Gasteiger partial charge on any atom is -0.370 e. The van der Waals surface area contributed by atoms with Crippen molar-refractivity contribution in [2.24, 2.45) is 0 Å². The zero-order valence-electron chi connectivity index (χ0n) is 9.96. The Kier molecular flexibility index (Phi) is 5.03. The summed E-state index contributed by atoms with van der Waals surface area (Å²) < 4.78 is 59.2. The van der Waals surface area contributed by atoms with Crippen LogP contribution in [0.5, 0.6) is 0 Å². The first-order chi connectivity index (χ1) is 8.58. The third-order valence-electron chi connectivity index (χ3n) is 2.12. The quantitative estimate of drug-likeness (QED) is 0.670. The van der Waals surface area contributed by atoms with Crippen molar-refractivity contribution in [3.8, 4) is 0 Å². The number of sulfone groups is 1. The van der Waals surface area contributed by atoms with Crippen LogP contribution < -0.4 is 5.32 Å². The van der Waals surface area contributed by atoms with Gasteiger partial charge in [-0.1, -0.05) is 11.6 Å². The number of pyridine rings is 1. The Labute approximate surface area is 113 Å². The van der Waals surface area contributed by atoms with Crippen LogP contribution in [0, 0.1) is 0 Å². The molecule has 19 heavy (non-hydrogen) atoms. The first kappa shape index (κ1) is 16.0. The van der Waals surface area contributed by atoms with Crippen molar-refractivity contribution < 1.29 is 21.6 Å². The molecule has 108 valence electrons. The van der Waals surface area contributed by atoms with E-state index in [1.807, 2.05) is 0 Å². The van der Waals surface area contributed by atoms with Crippen LogP contribution in [0.2, 0.25) is 5.15 Å². The summed E-state index contributed by atoms with van der Waals surface area (Å²) in [6.07, 6.45) is -3.14. The number of alkyl halides is 3. The van der Waals surface area contributed by atoms with E-state index in [0.29, 0.717) is 0 Å². The number of nitrogens with one attached hydrogen (secondary N) is 1. The maximum Gasteiger partial charge on any atom is 0.416 e. The molecule has 1 aromatic rings. The summed E-state index contributed by atoms with van der Waals surface area (Å²) in [6.45, 7) is 0.192. The van der Waals surface area contributed by atoms with Gasteiger partial charge in [0.25, 0.3) is 0 Å². The minimum atomic E-state index is -4.50. The van der Waals surface area contributed by atoms with E-state index >= 15 is 0 Å². The Morgan fingerprint density at radius 2 is 2.00 bits per heavy atom. The number of aromatic nitrogens is 1. The van der Waals surface area contributed by atoms with Crippen LogP contribution >= 0.6 is 11.6 Å². The number of halogens is 4. The topological polar surface area (TPSA) is 59.1 Å². The van der Waals surface area contributed by atoms with Crippen molar-refractivity contribution in [2.45, 2.75) is 12.6 Å². The van der Waals surface area contributed by atoms with Crippen molar-refractivity contribution in [1.82, 2.24) is 4.98 Å². The second-order valence-corrected chi connectivity index (χ2v) is 6.62. The molecule has 0 aliphatic heterocycles. The van der Waals surface area contributed by atoms with Crippen molar-refractivity contribution in [3.05, 3.63) is 22.8 Å². The van der Waals surface area contributed by atoms with Gasteiger partial charge in [0.05, 0.1) is 11.3 Å². The van der Waals surface area contributed by atoms with Gasteiger partial charge < -0.3 is 5.32 Å². The largest absolute Gasteiger partial charge is 0.416 e. The molecule has 0 fully saturated rings. The molecule has 0 bridgehead atoms. The molecule has 1 heterocycles. The van der Waals surface area contributed by atoms with Gasteiger partial charge in [-0.15, -0.1) is 0 Å². The second kappa shape index (κ2) is 5.96. The Morgan fingerprint density at radius 3 is 2.53 bits per heavy atom.